The Morgan fingerprint density at radius 3 is 2.87 bits per heavy atom. The molecule has 0 atom stereocenters. The van der Waals surface area contributed by atoms with E-state index in [4.69, 9.17) is 4.74 Å². The zero-order valence-corrected chi connectivity index (χ0v) is 9.13. The molecule has 0 aromatic carbocycles. The molecule has 1 aromatic rings. The second-order valence-corrected chi connectivity index (χ2v) is 4.02. The van der Waals surface area contributed by atoms with Crippen LogP contribution in [0, 0.1) is 0 Å². The van der Waals surface area contributed by atoms with Crippen molar-refractivity contribution in [1.29, 1.82) is 0 Å². The van der Waals surface area contributed by atoms with Gasteiger partial charge in [-0.05, 0) is 20.8 Å². The van der Waals surface area contributed by atoms with E-state index in [1.165, 1.54) is 0 Å². The number of ether oxygens (including phenoxy) is 1. The highest BCUT2D eigenvalue weighted by Crippen LogP contribution is 2.05. The summed E-state index contributed by atoms with van der Waals surface area (Å²) in [7, 11) is 0. The number of amides is 1. The molecule has 0 spiro atoms. The van der Waals surface area contributed by atoms with E-state index in [9.17, 15) is 4.79 Å². The summed E-state index contributed by atoms with van der Waals surface area (Å²) >= 11 is 0. The van der Waals surface area contributed by atoms with Gasteiger partial charge in [0.1, 0.15) is 11.4 Å². The normalized spacial score (nSPS) is 11.1. The first-order valence-corrected chi connectivity index (χ1v) is 4.67. The van der Waals surface area contributed by atoms with Gasteiger partial charge in [-0.2, -0.15) is 0 Å². The number of nitrogens with one attached hydrogen (secondary N) is 3. The van der Waals surface area contributed by atoms with Gasteiger partial charge in [0.25, 0.3) is 0 Å². The summed E-state index contributed by atoms with van der Waals surface area (Å²) in [4.78, 5) is 18.0. The third kappa shape index (κ3) is 5.02. The van der Waals surface area contributed by atoms with E-state index in [1.807, 2.05) is 0 Å². The van der Waals surface area contributed by atoms with Crippen molar-refractivity contribution in [3.8, 4) is 0 Å². The number of hydrazine groups is 1. The SMILES string of the molecule is CC(C)(C)OC(=O)NNCc1ncc[nH]1. The summed E-state index contributed by atoms with van der Waals surface area (Å²) in [5, 5.41) is 0. The number of rotatable bonds is 3. The lowest BCUT2D eigenvalue weighted by Gasteiger charge is -2.19. The Labute approximate surface area is 88.4 Å². The summed E-state index contributed by atoms with van der Waals surface area (Å²) in [6.07, 6.45) is 2.85. The van der Waals surface area contributed by atoms with E-state index in [2.05, 4.69) is 20.8 Å². The molecule has 1 amide bonds. The van der Waals surface area contributed by atoms with E-state index in [0.717, 1.165) is 5.82 Å². The number of hydrogen-bond acceptors (Lipinski definition) is 4. The molecule has 0 bridgehead atoms. The fraction of sp³-hybridized carbons (Fsp3) is 0.556. The molecule has 1 rings (SSSR count). The smallest absolute Gasteiger partial charge is 0.422 e. The highest BCUT2D eigenvalue weighted by atomic mass is 16.6. The second-order valence-electron chi connectivity index (χ2n) is 4.02. The molecule has 0 unspecified atom stereocenters. The van der Waals surface area contributed by atoms with Gasteiger partial charge in [0.2, 0.25) is 0 Å². The summed E-state index contributed by atoms with van der Waals surface area (Å²) in [5.74, 6) is 0.742. The molecule has 84 valence electrons. The van der Waals surface area contributed by atoms with Gasteiger partial charge in [-0.3, -0.25) is 5.43 Å². The number of aromatic amines is 1. The molecule has 6 heteroatoms. The van der Waals surface area contributed by atoms with Gasteiger partial charge in [-0.1, -0.05) is 0 Å². The second kappa shape index (κ2) is 4.79. The predicted octanol–water partition coefficient (Wildman–Crippen LogP) is 0.939. The van der Waals surface area contributed by atoms with Crippen molar-refractivity contribution in [3.05, 3.63) is 18.2 Å². The van der Waals surface area contributed by atoms with Crippen LogP contribution >= 0.6 is 0 Å². The first-order chi connectivity index (χ1) is 6.97. The maximum Gasteiger partial charge on any atom is 0.422 e. The Bertz CT molecular complexity index is 302. The molecule has 1 aromatic heterocycles. The van der Waals surface area contributed by atoms with Crippen LogP contribution in [0.5, 0.6) is 0 Å². The summed E-state index contributed by atoms with van der Waals surface area (Å²) in [6.45, 7) is 5.84. The number of carbonyl (C=O) groups is 1. The number of imidazole rings is 1. The topological polar surface area (TPSA) is 79.0 Å². The van der Waals surface area contributed by atoms with Gasteiger partial charge in [0, 0.05) is 12.4 Å². The molecule has 0 saturated heterocycles. The largest absolute Gasteiger partial charge is 0.443 e. The van der Waals surface area contributed by atoms with E-state index in [-0.39, 0.29) is 0 Å². The minimum Gasteiger partial charge on any atom is -0.443 e. The maximum absolute atomic E-state index is 11.2. The van der Waals surface area contributed by atoms with Crippen molar-refractivity contribution >= 4 is 6.09 Å². The van der Waals surface area contributed by atoms with E-state index >= 15 is 0 Å². The summed E-state index contributed by atoms with van der Waals surface area (Å²) in [5.41, 5.74) is 4.61. The monoisotopic (exact) mass is 212 g/mol. The molecule has 0 aliphatic heterocycles. The van der Waals surface area contributed by atoms with Gasteiger partial charge in [0.15, 0.2) is 0 Å². The number of hydrogen-bond donors (Lipinski definition) is 3. The van der Waals surface area contributed by atoms with E-state index in [1.54, 1.807) is 33.2 Å². The molecule has 0 aliphatic carbocycles. The zero-order chi connectivity index (χ0) is 11.3. The fourth-order valence-corrected chi connectivity index (χ4v) is 0.898. The number of carbonyl (C=O) groups excluding carboxylic acids is 1. The molecule has 3 N–H and O–H groups in total. The molecule has 0 radical (unpaired) electrons. The molecule has 1 heterocycles. The lowest BCUT2D eigenvalue weighted by atomic mass is 10.2. The van der Waals surface area contributed by atoms with Crippen LogP contribution in [0.4, 0.5) is 4.79 Å². The molecule has 6 nitrogen and oxygen atoms in total. The third-order valence-electron chi connectivity index (χ3n) is 1.40. The Morgan fingerprint density at radius 2 is 2.33 bits per heavy atom. The minimum atomic E-state index is -0.506. The van der Waals surface area contributed by atoms with E-state index in [0.29, 0.717) is 6.54 Å². The molecule has 15 heavy (non-hydrogen) atoms. The van der Waals surface area contributed by atoms with Crippen LogP contribution in [-0.2, 0) is 11.3 Å². The van der Waals surface area contributed by atoms with Crippen molar-refractivity contribution < 1.29 is 9.53 Å². The summed E-state index contributed by atoms with van der Waals surface area (Å²) in [6, 6.07) is 0. The van der Waals surface area contributed by atoms with Crippen LogP contribution in [0.1, 0.15) is 26.6 Å². The lowest BCUT2D eigenvalue weighted by Crippen LogP contribution is -2.40. The standard InChI is InChI=1S/C9H16N4O2/c1-9(2,3)15-8(14)13-12-6-7-10-4-5-11-7/h4-5,12H,6H2,1-3H3,(H,10,11)(H,13,14). The average Bonchev–Trinajstić information content (AvgIpc) is 2.53. The lowest BCUT2D eigenvalue weighted by molar-refractivity contribution is 0.0496. The van der Waals surface area contributed by atoms with Gasteiger partial charge >= 0.3 is 6.09 Å². The van der Waals surface area contributed by atoms with Gasteiger partial charge in [-0.15, -0.1) is 0 Å². The highest BCUT2D eigenvalue weighted by Gasteiger charge is 2.15. The van der Waals surface area contributed by atoms with Gasteiger partial charge in [0.05, 0.1) is 6.54 Å². The molecule has 0 saturated carbocycles. The Hall–Kier alpha value is -1.56. The molecular weight excluding hydrogens is 196 g/mol. The van der Waals surface area contributed by atoms with Gasteiger partial charge < -0.3 is 9.72 Å². The van der Waals surface area contributed by atoms with Crippen molar-refractivity contribution in [3.63, 3.8) is 0 Å². The van der Waals surface area contributed by atoms with E-state index < -0.39 is 11.7 Å². The average molecular weight is 212 g/mol. The Balaban J connectivity index is 2.18. The highest BCUT2D eigenvalue weighted by molar-refractivity contribution is 5.66. The molecule has 0 aliphatic rings. The van der Waals surface area contributed by atoms with Crippen molar-refractivity contribution in [2.24, 2.45) is 0 Å². The number of nitrogens with zero attached hydrogens (tertiary/aromatic N) is 1. The van der Waals surface area contributed by atoms with Crippen LogP contribution in [0.15, 0.2) is 12.4 Å². The minimum absolute atomic E-state index is 0.423. The third-order valence-corrected chi connectivity index (χ3v) is 1.40. The quantitative estimate of drug-likeness (QED) is 0.651. The van der Waals surface area contributed by atoms with Gasteiger partial charge in [-0.25, -0.2) is 15.2 Å². The van der Waals surface area contributed by atoms with Crippen LogP contribution in [-0.4, -0.2) is 21.7 Å². The maximum atomic E-state index is 11.2. The Kier molecular flexibility index (Phi) is 3.68. The van der Waals surface area contributed by atoms with Crippen LogP contribution in [0.2, 0.25) is 0 Å². The first-order valence-electron chi connectivity index (χ1n) is 4.67. The fourth-order valence-electron chi connectivity index (χ4n) is 0.898. The molecule has 0 fully saturated rings. The zero-order valence-electron chi connectivity index (χ0n) is 9.13. The van der Waals surface area contributed by atoms with Crippen LogP contribution in [0.3, 0.4) is 0 Å². The first kappa shape index (κ1) is 11.5. The van der Waals surface area contributed by atoms with Crippen LogP contribution < -0.4 is 10.9 Å². The van der Waals surface area contributed by atoms with Crippen molar-refractivity contribution in [1.82, 2.24) is 20.8 Å². The van der Waals surface area contributed by atoms with Crippen molar-refractivity contribution in [2.75, 3.05) is 0 Å². The number of H-pyrrole nitrogens is 1. The summed E-state index contributed by atoms with van der Waals surface area (Å²) < 4.78 is 5.01. The predicted molar refractivity (Wildman–Crippen MR) is 54.8 cm³/mol. The van der Waals surface area contributed by atoms with Crippen molar-refractivity contribution in [2.45, 2.75) is 32.9 Å². The molecular formula is C9H16N4O2. The van der Waals surface area contributed by atoms with Crippen LogP contribution in [0.25, 0.3) is 0 Å². The number of aromatic nitrogens is 2. The Morgan fingerprint density at radius 1 is 1.60 bits per heavy atom.